The Balaban J connectivity index is 1.43. The van der Waals surface area contributed by atoms with E-state index < -0.39 is 42.4 Å². The lowest BCUT2D eigenvalue weighted by molar-refractivity contribution is -0.0672. The van der Waals surface area contributed by atoms with Gasteiger partial charge in [-0.05, 0) is 36.4 Å². The summed E-state index contributed by atoms with van der Waals surface area (Å²) in [5, 5.41) is 4.12. The minimum Gasteiger partial charge on any atom is -0.459 e. The van der Waals surface area contributed by atoms with Crippen molar-refractivity contribution >= 4 is 17.9 Å². The quantitative estimate of drug-likeness (QED) is 0.258. The highest BCUT2D eigenvalue weighted by molar-refractivity contribution is 5.91. The van der Waals surface area contributed by atoms with Gasteiger partial charge in [0.15, 0.2) is 18.4 Å². The summed E-state index contributed by atoms with van der Waals surface area (Å²) in [4.78, 5) is 42.6. The molecule has 1 saturated heterocycles. The average molecular weight is 514 g/mol. The van der Waals surface area contributed by atoms with Gasteiger partial charge in [-0.1, -0.05) is 54.6 Å². The van der Waals surface area contributed by atoms with E-state index in [4.69, 9.17) is 18.9 Å². The monoisotopic (exact) mass is 513 g/mol. The van der Waals surface area contributed by atoms with Crippen LogP contribution in [0.1, 0.15) is 37.3 Å². The molecule has 0 aliphatic carbocycles. The molecule has 0 spiro atoms. The van der Waals surface area contributed by atoms with E-state index in [1.54, 1.807) is 91.0 Å². The highest BCUT2D eigenvalue weighted by atomic mass is 16.7. The number of carbonyl (C=O) groups excluding carboxylic acids is 3. The number of carbonyl (C=O) groups is 3. The Hall–Kier alpha value is -4.83. The lowest BCUT2D eigenvalue weighted by atomic mass is 10.1. The number of esters is 3. The van der Waals surface area contributed by atoms with E-state index in [1.807, 2.05) is 0 Å². The number of ether oxygens (including phenoxy) is 4. The maximum atomic E-state index is 13.0. The normalized spacial score (nSPS) is 20.4. The summed E-state index contributed by atoms with van der Waals surface area (Å²) < 4.78 is 24.6. The topological polar surface area (TPSA) is 119 Å². The maximum absolute atomic E-state index is 13.0. The van der Waals surface area contributed by atoms with Gasteiger partial charge in [0, 0.05) is 0 Å². The van der Waals surface area contributed by atoms with Crippen LogP contribution in [0, 0.1) is 0 Å². The van der Waals surface area contributed by atoms with Gasteiger partial charge in [0.1, 0.15) is 25.4 Å². The fourth-order valence-electron chi connectivity index (χ4n) is 4.02. The summed E-state index contributed by atoms with van der Waals surface area (Å²) in [6, 6.07) is 25.2. The summed E-state index contributed by atoms with van der Waals surface area (Å²) in [5.74, 6) is -1.88. The SMILES string of the molecule is O=C(OC[C@H]1O[C@@H](n2cncn2)C(OC(=O)c2ccccc2)[C@@H]1OC(=O)c1ccccc1)c1ccccc1. The van der Waals surface area contributed by atoms with E-state index in [-0.39, 0.29) is 6.61 Å². The van der Waals surface area contributed by atoms with Crippen molar-refractivity contribution in [2.45, 2.75) is 24.5 Å². The Morgan fingerprint density at radius 1 is 0.711 bits per heavy atom. The van der Waals surface area contributed by atoms with Gasteiger partial charge in [0.2, 0.25) is 0 Å². The molecule has 4 atom stereocenters. The Labute approximate surface area is 217 Å². The molecule has 1 fully saturated rings. The smallest absolute Gasteiger partial charge is 0.338 e. The molecule has 10 heteroatoms. The van der Waals surface area contributed by atoms with E-state index in [1.165, 1.54) is 17.3 Å². The largest absolute Gasteiger partial charge is 0.459 e. The Morgan fingerprint density at radius 3 is 1.71 bits per heavy atom. The molecular weight excluding hydrogens is 490 g/mol. The van der Waals surface area contributed by atoms with Gasteiger partial charge in [-0.25, -0.2) is 24.0 Å². The molecule has 0 amide bonds. The maximum Gasteiger partial charge on any atom is 0.338 e. The predicted octanol–water partition coefficient (Wildman–Crippen LogP) is 3.48. The minimum absolute atomic E-state index is 0.273. The van der Waals surface area contributed by atoms with E-state index in [2.05, 4.69) is 10.1 Å². The van der Waals surface area contributed by atoms with Crippen molar-refractivity contribution in [2.75, 3.05) is 6.61 Å². The first-order chi connectivity index (χ1) is 18.6. The van der Waals surface area contributed by atoms with Crippen LogP contribution in [0.15, 0.2) is 104 Å². The molecule has 0 saturated carbocycles. The van der Waals surface area contributed by atoms with Crippen molar-refractivity contribution in [3.63, 3.8) is 0 Å². The van der Waals surface area contributed by atoms with Crippen LogP contribution in [0.2, 0.25) is 0 Å². The highest BCUT2D eigenvalue weighted by Gasteiger charge is 2.51. The molecule has 1 aliphatic heterocycles. The van der Waals surface area contributed by atoms with Gasteiger partial charge in [-0.3, -0.25) is 0 Å². The molecule has 3 aromatic carbocycles. The van der Waals surface area contributed by atoms with Crippen molar-refractivity contribution in [3.05, 3.63) is 120 Å². The van der Waals surface area contributed by atoms with Gasteiger partial charge in [-0.15, -0.1) is 0 Å². The van der Waals surface area contributed by atoms with Gasteiger partial charge in [-0.2, -0.15) is 5.10 Å². The lowest BCUT2D eigenvalue weighted by Gasteiger charge is -2.24. The summed E-state index contributed by atoms with van der Waals surface area (Å²) in [6.45, 7) is -0.273. The molecule has 1 unspecified atom stereocenters. The molecule has 192 valence electrons. The zero-order valence-electron chi connectivity index (χ0n) is 20.0. The molecule has 0 radical (unpaired) electrons. The molecule has 1 aliphatic rings. The predicted molar refractivity (Wildman–Crippen MR) is 132 cm³/mol. The number of rotatable bonds is 8. The number of hydrogen-bond acceptors (Lipinski definition) is 9. The number of hydrogen-bond donors (Lipinski definition) is 0. The van der Waals surface area contributed by atoms with Crippen LogP contribution >= 0.6 is 0 Å². The first kappa shape index (κ1) is 24.8. The van der Waals surface area contributed by atoms with Gasteiger partial charge < -0.3 is 18.9 Å². The van der Waals surface area contributed by atoms with E-state index >= 15 is 0 Å². The second-order valence-electron chi connectivity index (χ2n) is 8.38. The molecule has 4 aromatic rings. The fourth-order valence-corrected chi connectivity index (χ4v) is 4.02. The molecule has 38 heavy (non-hydrogen) atoms. The third-order valence-corrected chi connectivity index (χ3v) is 5.88. The van der Waals surface area contributed by atoms with Crippen LogP contribution in [0.5, 0.6) is 0 Å². The van der Waals surface area contributed by atoms with Crippen LogP contribution in [-0.4, -0.2) is 57.6 Å². The van der Waals surface area contributed by atoms with Crippen molar-refractivity contribution in [3.8, 4) is 0 Å². The number of nitrogens with zero attached hydrogens (tertiary/aromatic N) is 3. The van der Waals surface area contributed by atoms with E-state index in [0.29, 0.717) is 16.7 Å². The van der Waals surface area contributed by atoms with Gasteiger partial charge in [0.25, 0.3) is 0 Å². The third-order valence-electron chi connectivity index (χ3n) is 5.88. The standard InChI is InChI=1S/C28H23N3O7/c32-26(19-10-4-1-5-11-19)35-16-22-23(37-27(33)20-12-6-2-7-13-20)24(25(36-22)31-18-29-17-30-31)38-28(34)21-14-8-3-9-15-21/h1-15,17-18,22-25H,16H2/t22-,23-,24?,25-/m1/s1. The minimum atomic E-state index is -1.13. The van der Waals surface area contributed by atoms with Gasteiger partial charge in [0.05, 0.1) is 16.7 Å². The first-order valence-corrected chi connectivity index (χ1v) is 11.8. The zero-order valence-corrected chi connectivity index (χ0v) is 20.0. The van der Waals surface area contributed by atoms with E-state index in [9.17, 15) is 14.4 Å². The van der Waals surface area contributed by atoms with Crippen molar-refractivity contribution in [1.29, 1.82) is 0 Å². The Morgan fingerprint density at radius 2 is 1.21 bits per heavy atom. The van der Waals surface area contributed by atoms with Crippen LogP contribution in [-0.2, 0) is 18.9 Å². The zero-order chi connectivity index (χ0) is 26.3. The molecule has 0 bridgehead atoms. The second kappa shape index (κ2) is 11.5. The fraction of sp³-hybridized carbons (Fsp3) is 0.179. The second-order valence-corrected chi connectivity index (χ2v) is 8.38. The number of aromatic nitrogens is 3. The Kier molecular flexibility index (Phi) is 7.51. The number of benzene rings is 3. The van der Waals surface area contributed by atoms with E-state index in [0.717, 1.165) is 0 Å². The average Bonchev–Trinajstić information content (AvgIpc) is 3.62. The summed E-state index contributed by atoms with van der Waals surface area (Å²) in [5.41, 5.74) is 0.949. The molecule has 10 nitrogen and oxygen atoms in total. The van der Waals surface area contributed by atoms with Crippen LogP contribution < -0.4 is 0 Å². The summed E-state index contributed by atoms with van der Waals surface area (Å²) in [6.07, 6.45) is -1.54. The van der Waals surface area contributed by atoms with Gasteiger partial charge >= 0.3 is 17.9 Å². The summed E-state index contributed by atoms with van der Waals surface area (Å²) >= 11 is 0. The molecular formula is C28H23N3O7. The van der Waals surface area contributed by atoms with Crippen molar-refractivity contribution in [1.82, 2.24) is 14.8 Å². The molecule has 2 heterocycles. The molecule has 1 aromatic heterocycles. The van der Waals surface area contributed by atoms with Crippen LogP contribution in [0.4, 0.5) is 0 Å². The Bertz CT molecular complexity index is 1370. The van der Waals surface area contributed by atoms with Crippen LogP contribution in [0.25, 0.3) is 0 Å². The van der Waals surface area contributed by atoms with Crippen LogP contribution in [0.3, 0.4) is 0 Å². The summed E-state index contributed by atoms with van der Waals surface area (Å²) in [7, 11) is 0. The lowest BCUT2D eigenvalue weighted by Crippen LogP contribution is -2.41. The van der Waals surface area contributed by atoms with Crippen molar-refractivity contribution < 1.29 is 33.3 Å². The third kappa shape index (κ3) is 5.60. The highest BCUT2D eigenvalue weighted by Crippen LogP contribution is 2.35. The molecule has 0 N–H and O–H groups in total. The van der Waals surface area contributed by atoms with Crippen molar-refractivity contribution in [2.24, 2.45) is 0 Å². The molecule has 5 rings (SSSR count). The first-order valence-electron chi connectivity index (χ1n) is 11.8.